The van der Waals surface area contributed by atoms with E-state index in [9.17, 15) is 9.59 Å². The van der Waals surface area contributed by atoms with E-state index in [0.29, 0.717) is 19.0 Å². The van der Waals surface area contributed by atoms with Crippen LogP contribution in [0.25, 0.3) is 0 Å². The first kappa shape index (κ1) is 20.1. The Morgan fingerprint density at radius 3 is 2.68 bits per heavy atom. The molecule has 0 spiro atoms. The molecule has 2 aliphatic heterocycles. The molecule has 3 rings (SSSR count). The van der Waals surface area contributed by atoms with Crippen LogP contribution in [-0.4, -0.2) is 48.1 Å². The summed E-state index contributed by atoms with van der Waals surface area (Å²) in [4.78, 5) is 29.9. The lowest BCUT2D eigenvalue weighted by molar-refractivity contribution is -0.133. The molecule has 0 aromatic heterocycles. The Labute approximate surface area is 159 Å². The van der Waals surface area contributed by atoms with Crippen LogP contribution < -0.4 is 10.6 Å². The number of nitrogens with zero attached hydrogens (tertiary/aromatic N) is 2. The molecular formula is C18H26ClN3O2S. The van der Waals surface area contributed by atoms with Gasteiger partial charge in [0, 0.05) is 42.6 Å². The molecule has 1 aromatic carbocycles. The number of carbonyl (C=O) groups excluding carboxylic acids is 2. The van der Waals surface area contributed by atoms with E-state index in [2.05, 4.69) is 6.92 Å². The highest BCUT2D eigenvalue weighted by Gasteiger charge is 2.32. The summed E-state index contributed by atoms with van der Waals surface area (Å²) in [6.07, 6.45) is 1.52. The number of nitrogens with two attached hydrogens (primary N) is 1. The lowest BCUT2D eigenvalue weighted by Crippen LogP contribution is -2.38. The van der Waals surface area contributed by atoms with Gasteiger partial charge in [0.05, 0.1) is 5.69 Å². The van der Waals surface area contributed by atoms with E-state index < -0.39 is 0 Å². The van der Waals surface area contributed by atoms with E-state index in [1.165, 1.54) is 0 Å². The van der Waals surface area contributed by atoms with E-state index in [0.717, 1.165) is 29.3 Å². The maximum atomic E-state index is 12.6. The molecule has 2 heterocycles. The lowest BCUT2D eigenvalue weighted by atomic mass is 10.1. The van der Waals surface area contributed by atoms with Crippen molar-refractivity contribution in [2.75, 3.05) is 30.3 Å². The minimum absolute atomic E-state index is 0. The van der Waals surface area contributed by atoms with Gasteiger partial charge in [-0.25, -0.2) is 0 Å². The second-order valence-electron chi connectivity index (χ2n) is 6.59. The van der Waals surface area contributed by atoms with E-state index in [1.807, 2.05) is 34.1 Å². The lowest BCUT2D eigenvalue weighted by Gasteiger charge is -2.29. The second-order valence-corrected chi connectivity index (χ2v) is 7.73. The normalized spacial score (nSPS) is 22.3. The molecule has 1 fully saturated rings. The van der Waals surface area contributed by atoms with E-state index >= 15 is 0 Å². The molecule has 2 unspecified atom stereocenters. The van der Waals surface area contributed by atoms with Crippen LogP contribution in [-0.2, 0) is 9.59 Å². The summed E-state index contributed by atoms with van der Waals surface area (Å²) >= 11 is 1.78. The van der Waals surface area contributed by atoms with Crippen molar-refractivity contribution >= 4 is 41.7 Å². The molecule has 2 aliphatic rings. The Hall–Kier alpha value is -1.24. The number of halogens is 1. The highest BCUT2D eigenvalue weighted by molar-refractivity contribution is 7.99. The van der Waals surface area contributed by atoms with Crippen LogP contribution in [0.5, 0.6) is 0 Å². The Balaban J connectivity index is 0.00000225. The summed E-state index contributed by atoms with van der Waals surface area (Å²) in [6, 6.07) is 8.20. The number of anilines is 1. The van der Waals surface area contributed by atoms with Crippen LogP contribution in [0.15, 0.2) is 29.2 Å². The number of hydrogen-bond donors (Lipinski definition) is 1. The molecule has 2 N–H and O–H groups in total. The zero-order valence-electron chi connectivity index (χ0n) is 14.5. The monoisotopic (exact) mass is 383 g/mol. The van der Waals surface area contributed by atoms with E-state index in [4.69, 9.17) is 5.73 Å². The highest BCUT2D eigenvalue weighted by atomic mass is 35.5. The summed E-state index contributed by atoms with van der Waals surface area (Å²) in [7, 11) is 0. The van der Waals surface area contributed by atoms with Gasteiger partial charge in [-0.2, -0.15) is 0 Å². The smallest absolute Gasteiger partial charge is 0.227 e. The number of carbonyl (C=O) groups is 2. The molecule has 2 amide bonds. The number of amides is 2. The maximum absolute atomic E-state index is 12.6. The molecule has 0 radical (unpaired) electrons. The first-order chi connectivity index (χ1) is 11.6. The zero-order chi connectivity index (χ0) is 17.1. The van der Waals surface area contributed by atoms with E-state index in [1.54, 1.807) is 11.8 Å². The van der Waals surface area contributed by atoms with Crippen molar-refractivity contribution in [3.05, 3.63) is 24.3 Å². The summed E-state index contributed by atoms with van der Waals surface area (Å²) in [5, 5.41) is 0. The third-order valence-corrected chi connectivity index (χ3v) is 5.94. The average Bonchev–Trinajstić information content (AvgIpc) is 3.00. The number of rotatable bonds is 4. The Morgan fingerprint density at radius 2 is 1.96 bits per heavy atom. The van der Waals surface area contributed by atoms with Gasteiger partial charge in [0.1, 0.15) is 0 Å². The van der Waals surface area contributed by atoms with Crippen LogP contribution in [0.4, 0.5) is 5.69 Å². The van der Waals surface area contributed by atoms with Gasteiger partial charge < -0.3 is 15.5 Å². The fourth-order valence-corrected chi connectivity index (χ4v) is 4.58. The summed E-state index contributed by atoms with van der Waals surface area (Å²) in [5.41, 5.74) is 6.70. The minimum Gasteiger partial charge on any atom is -0.340 e. The number of hydrogen-bond acceptors (Lipinski definition) is 4. The Kier molecular flexibility index (Phi) is 7.16. The van der Waals surface area contributed by atoms with Crippen molar-refractivity contribution in [1.29, 1.82) is 0 Å². The van der Waals surface area contributed by atoms with Crippen LogP contribution in [0, 0.1) is 5.92 Å². The quantitative estimate of drug-likeness (QED) is 0.867. The second kappa shape index (κ2) is 8.92. The highest BCUT2D eigenvalue weighted by Crippen LogP contribution is 2.34. The van der Waals surface area contributed by atoms with Gasteiger partial charge >= 0.3 is 0 Å². The van der Waals surface area contributed by atoms with Gasteiger partial charge in [-0.05, 0) is 37.9 Å². The largest absolute Gasteiger partial charge is 0.340 e. The van der Waals surface area contributed by atoms with Gasteiger partial charge in [0.25, 0.3) is 0 Å². The SMILES string of the molecule is CC1CC(CN)CN1C(=O)CCC(=O)N1CCSc2ccccc21.Cl. The zero-order valence-corrected chi connectivity index (χ0v) is 16.2. The number of likely N-dealkylation sites (tertiary alicyclic amines) is 1. The fourth-order valence-electron chi connectivity index (χ4n) is 3.58. The van der Waals surface area contributed by atoms with Crippen molar-refractivity contribution in [1.82, 2.24) is 4.90 Å². The van der Waals surface area contributed by atoms with Crippen LogP contribution in [0.2, 0.25) is 0 Å². The van der Waals surface area contributed by atoms with Crippen LogP contribution >= 0.6 is 24.2 Å². The summed E-state index contributed by atoms with van der Waals surface area (Å²) in [6.45, 7) is 4.13. The molecule has 138 valence electrons. The summed E-state index contributed by atoms with van der Waals surface area (Å²) in [5.74, 6) is 1.41. The van der Waals surface area contributed by atoms with Crippen molar-refractivity contribution < 1.29 is 9.59 Å². The summed E-state index contributed by atoms with van der Waals surface area (Å²) < 4.78 is 0. The molecule has 2 atom stereocenters. The van der Waals surface area contributed by atoms with Gasteiger partial charge in [-0.15, -0.1) is 24.2 Å². The van der Waals surface area contributed by atoms with Gasteiger partial charge in [-0.3, -0.25) is 9.59 Å². The van der Waals surface area contributed by atoms with Gasteiger partial charge in [-0.1, -0.05) is 12.1 Å². The molecule has 0 aliphatic carbocycles. The molecule has 7 heteroatoms. The molecule has 0 saturated carbocycles. The standard InChI is InChI=1S/C18H25N3O2S.ClH/c1-13-10-14(11-19)12-21(13)18(23)7-6-17(22)20-8-9-24-16-5-3-2-4-15(16)20;/h2-5,13-14H,6-12,19H2,1H3;1H. The fraction of sp³-hybridized carbons (Fsp3) is 0.556. The average molecular weight is 384 g/mol. The van der Waals surface area contributed by atoms with Crippen molar-refractivity contribution in [2.45, 2.75) is 37.1 Å². The third kappa shape index (κ3) is 4.49. The first-order valence-corrected chi connectivity index (χ1v) is 9.60. The van der Waals surface area contributed by atoms with E-state index in [-0.39, 0.29) is 43.1 Å². The molecular weight excluding hydrogens is 358 g/mol. The number of benzene rings is 1. The maximum Gasteiger partial charge on any atom is 0.227 e. The molecule has 5 nitrogen and oxygen atoms in total. The predicted octanol–water partition coefficient (Wildman–Crippen LogP) is 2.52. The topological polar surface area (TPSA) is 66.6 Å². The van der Waals surface area contributed by atoms with Crippen LogP contribution in [0.3, 0.4) is 0 Å². The number of thioether (sulfide) groups is 1. The first-order valence-electron chi connectivity index (χ1n) is 8.62. The number of para-hydroxylation sites is 1. The van der Waals surface area contributed by atoms with Gasteiger partial charge in [0.2, 0.25) is 11.8 Å². The Morgan fingerprint density at radius 1 is 1.24 bits per heavy atom. The Bertz CT molecular complexity index is 628. The molecule has 1 saturated heterocycles. The van der Waals surface area contributed by atoms with Crippen molar-refractivity contribution in [2.24, 2.45) is 11.7 Å². The molecule has 0 bridgehead atoms. The molecule has 1 aromatic rings. The molecule has 25 heavy (non-hydrogen) atoms. The van der Waals surface area contributed by atoms with Crippen molar-refractivity contribution in [3.63, 3.8) is 0 Å². The minimum atomic E-state index is 0. The third-order valence-electron chi connectivity index (χ3n) is 4.90. The number of fused-ring (bicyclic) bond motifs is 1. The van der Waals surface area contributed by atoms with Gasteiger partial charge in [0.15, 0.2) is 0 Å². The van der Waals surface area contributed by atoms with Crippen molar-refractivity contribution in [3.8, 4) is 0 Å². The predicted molar refractivity (Wildman–Crippen MR) is 104 cm³/mol. The van der Waals surface area contributed by atoms with Crippen LogP contribution in [0.1, 0.15) is 26.2 Å².